The first-order valence-corrected chi connectivity index (χ1v) is 5.15. The van der Waals surface area contributed by atoms with E-state index in [1.165, 1.54) is 19.2 Å². The number of nitrogens with zero attached hydrogens (tertiary/aromatic N) is 2. The third kappa shape index (κ3) is 2.40. The fourth-order valence-corrected chi connectivity index (χ4v) is 1.30. The predicted molar refractivity (Wildman–Crippen MR) is 63.4 cm³/mol. The van der Waals surface area contributed by atoms with Crippen molar-refractivity contribution >= 4 is 11.7 Å². The number of anilines is 1. The number of nitrogen functional groups attached to an aromatic ring is 1. The number of esters is 1. The van der Waals surface area contributed by atoms with Crippen LogP contribution in [0.25, 0.3) is 0 Å². The highest BCUT2D eigenvalue weighted by Gasteiger charge is 2.12. The van der Waals surface area contributed by atoms with E-state index in [1.54, 1.807) is 6.07 Å². The topological polar surface area (TPSA) is 103 Å². The number of ether oxygens (including phenoxy) is 2. The number of aromatic nitrogens is 3. The molecule has 0 amide bonds. The Balaban J connectivity index is 2.29. The molecule has 2 rings (SSSR count). The molecule has 18 heavy (non-hydrogen) atoms. The average Bonchev–Trinajstić information content (AvgIpc) is 2.76. The normalized spacial score (nSPS) is 10.1. The number of carbonyl (C=O) groups is 1. The van der Waals surface area contributed by atoms with E-state index in [4.69, 9.17) is 10.5 Å². The van der Waals surface area contributed by atoms with Crippen molar-refractivity contribution in [1.82, 2.24) is 15.2 Å². The van der Waals surface area contributed by atoms with Crippen LogP contribution in [-0.4, -0.2) is 28.3 Å². The lowest BCUT2D eigenvalue weighted by Gasteiger charge is -2.06. The fraction of sp³-hybridized carbons (Fsp3) is 0.182. The summed E-state index contributed by atoms with van der Waals surface area (Å²) in [5, 5.41) is 6.61. The molecule has 0 aliphatic rings. The van der Waals surface area contributed by atoms with E-state index in [1.807, 2.05) is 6.92 Å². The van der Waals surface area contributed by atoms with Crippen LogP contribution in [0.15, 0.2) is 18.2 Å². The van der Waals surface area contributed by atoms with Crippen molar-refractivity contribution in [2.75, 3.05) is 12.8 Å². The van der Waals surface area contributed by atoms with Gasteiger partial charge in [-0.1, -0.05) is 0 Å². The van der Waals surface area contributed by atoms with Gasteiger partial charge >= 0.3 is 5.97 Å². The van der Waals surface area contributed by atoms with Gasteiger partial charge in [0, 0.05) is 11.8 Å². The second kappa shape index (κ2) is 4.74. The number of nitrogens with two attached hydrogens (primary N) is 1. The number of aromatic amines is 1. The summed E-state index contributed by atoms with van der Waals surface area (Å²) in [5.41, 5.74) is 6.98. The van der Waals surface area contributed by atoms with Crippen LogP contribution in [0, 0.1) is 6.92 Å². The van der Waals surface area contributed by atoms with E-state index in [9.17, 15) is 4.79 Å². The maximum atomic E-state index is 11.3. The van der Waals surface area contributed by atoms with E-state index in [-0.39, 0.29) is 11.6 Å². The van der Waals surface area contributed by atoms with Crippen molar-refractivity contribution < 1.29 is 14.3 Å². The molecule has 0 aromatic carbocycles. The van der Waals surface area contributed by atoms with Crippen LogP contribution in [0.3, 0.4) is 0 Å². The maximum Gasteiger partial charge on any atom is 0.356 e. The van der Waals surface area contributed by atoms with Gasteiger partial charge in [0.2, 0.25) is 11.8 Å². The number of carbonyl (C=O) groups excluding carboxylic acids is 1. The SMILES string of the molecule is COC(=O)c1ccc(N)c(Oc2cc(C)[nH]n2)n1. The van der Waals surface area contributed by atoms with E-state index >= 15 is 0 Å². The lowest BCUT2D eigenvalue weighted by Crippen LogP contribution is -2.06. The van der Waals surface area contributed by atoms with Gasteiger partial charge in [-0.15, -0.1) is 5.10 Å². The fourth-order valence-electron chi connectivity index (χ4n) is 1.30. The Morgan fingerprint density at radius 1 is 1.44 bits per heavy atom. The highest BCUT2D eigenvalue weighted by molar-refractivity contribution is 5.87. The largest absolute Gasteiger partial charge is 0.464 e. The Bertz CT molecular complexity index is 579. The van der Waals surface area contributed by atoms with Gasteiger partial charge in [-0.05, 0) is 19.1 Å². The van der Waals surface area contributed by atoms with Gasteiger partial charge in [-0.25, -0.2) is 9.78 Å². The lowest BCUT2D eigenvalue weighted by atomic mass is 10.3. The minimum absolute atomic E-state index is 0.115. The molecule has 0 spiro atoms. The van der Waals surface area contributed by atoms with Crippen molar-refractivity contribution in [3.8, 4) is 11.8 Å². The first-order valence-electron chi connectivity index (χ1n) is 5.15. The molecular formula is C11H12N4O3. The van der Waals surface area contributed by atoms with E-state index in [0.29, 0.717) is 11.6 Å². The molecule has 0 aliphatic heterocycles. The van der Waals surface area contributed by atoms with Crippen molar-refractivity contribution in [3.05, 3.63) is 29.6 Å². The molecule has 0 saturated heterocycles. The summed E-state index contributed by atoms with van der Waals surface area (Å²) in [6.07, 6.45) is 0. The number of aryl methyl sites for hydroxylation is 1. The van der Waals surface area contributed by atoms with Gasteiger partial charge in [0.15, 0.2) is 5.69 Å². The second-order valence-electron chi connectivity index (χ2n) is 3.57. The standard InChI is InChI=1S/C11H12N4O3/c1-6-5-9(15-14-6)18-10-7(12)3-4-8(13-10)11(16)17-2/h3-5H,12H2,1-2H3,(H,14,15). The van der Waals surface area contributed by atoms with Crippen LogP contribution < -0.4 is 10.5 Å². The number of methoxy groups -OCH3 is 1. The van der Waals surface area contributed by atoms with Crippen LogP contribution in [0.5, 0.6) is 11.8 Å². The van der Waals surface area contributed by atoms with Crippen LogP contribution >= 0.6 is 0 Å². The van der Waals surface area contributed by atoms with E-state index < -0.39 is 5.97 Å². The average molecular weight is 248 g/mol. The lowest BCUT2D eigenvalue weighted by molar-refractivity contribution is 0.0593. The number of pyridine rings is 1. The molecule has 0 bridgehead atoms. The molecule has 7 heteroatoms. The first-order chi connectivity index (χ1) is 8.60. The Morgan fingerprint density at radius 2 is 2.22 bits per heavy atom. The molecule has 7 nitrogen and oxygen atoms in total. The summed E-state index contributed by atoms with van der Waals surface area (Å²) >= 11 is 0. The van der Waals surface area contributed by atoms with Crippen LogP contribution in [0.4, 0.5) is 5.69 Å². The molecule has 0 atom stereocenters. The molecule has 2 aromatic heterocycles. The second-order valence-corrected chi connectivity index (χ2v) is 3.57. The van der Waals surface area contributed by atoms with Crippen molar-refractivity contribution in [2.45, 2.75) is 6.92 Å². The molecule has 2 heterocycles. The Kier molecular flexibility index (Phi) is 3.13. The number of nitrogens with one attached hydrogen (secondary N) is 1. The molecule has 0 unspecified atom stereocenters. The van der Waals surface area contributed by atoms with Gasteiger partial charge in [0.25, 0.3) is 0 Å². The zero-order valence-electron chi connectivity index (χ0n) is 9.93. The van der Waals surface area contributed by atoms with Gasteiger partial charge in [0.05, 0.1) is 12.8 Å². The van der Waals surface area contributed by atoms with Crippen LogP contribution in [-0.2, 0) is 4.74 Å². The number of hydrogen-bond donors (Lipinski definition) is 2. The van der Waals surface area contributed by atoms with Crippen molar-refractivity contribution in [2.24, 2.45) is 0 Å². The Hall–Kier alpha value is -2.57. The van der Waals surface area contributed by atoms with Crippen molar-refractivity contribution in [3.63, 3.8) is 0 Å². The molecule has 3 N–H and O–H groups in total. The highest BCUT2D eigenvalue weighted by atomic mass is 16.5. The summed E-state index contributed by atoms with van der Waals surface area (Å²) in [4.78, 5) is 15.3. The van der Waals surface area contributed by atoms with Gasteiger partial charge < -0.3 is 15.2 Å². The van der Waals surface area contributed by atoms with Gasteiger partial charge in [-0.2, -0.15) is 0 Å². The van der Waals surface area contributed by atoms with Crippen LogP contribution in [0.2, 0.25) is 0 Å². The number of rotatable bonds is 3. The molecular weight excluding hydrogens is 236 g/mol. The van der Waals surface area contributed by atoms with Crippen LogP contribution in [0.1, 0.15) is 16.2 Å². The third-order valence-corrected chi connectivity index (χ3v) is 2.17. The van der Waals surface area contributed by atoms with Gasteiger partial charge in [0.1, 0.15) is 0 Å². The minimum atomic E-state index is -0.557. The minimum Gasteiger partial charge on any atom is -0.464 e. The smallest absolute Gasteiger partial charge is 0.356 e. The molecule has 0 aliphatic carbocycles. The maximum absolute atomic E-state index is 11.3. The van der Waals surface area contributed by atoms with E-state index in [2.05, 4.69) is 19.9 Å². The summed E-state index contributed by atoms with van der Waals surface area (Å²) in [6.45, 7) is 1.83. The monoisotopic (exact) mass is 248 g/mol. The molecule has 0 radical (unpaired) electrons. The first kappa shape index (κ1) is 11.9. The predicted octanol–water partition coefficient (Wildman–Crippen LogP) is 1.27. The number of hydrogen-bond acceptors (Lipinski definition) is 6. The van der Waals surface area contributed by atoms with Crippen molar-refractivity contribution in [1.29, 1.82) is 0 Å². The summed E-state index contributed by atoms with van der Waals surface area (Å²) in [6, 6.07) is 4.67. The number of H-pyrrole nitrogens is 1. The zero-order chi connectivity index (χ0) is 13.1. The third-order valence-electron chi connectivity index (χ3n) is 2.17. The summed E-state index contributed by atoms with van der Waals surface area (Å²) < 4.78 is 9.94. The molecule has 2 aromatic rings. The van der Waals surface area contributed by atoms with E-state index in [0.717, 1.165) is 5.69 Å². The Labute approximate surface area is 103 Å². The van der Waals surface area contributed by atoms with Gasteiger partial charge in [-0.3, -0.25) is 5.10 Å². The molecule has 0 saturated carbocycles. The molecule has 94 valence electrons. The highest BCUT2D eigenvalue weighted by Crippen LogP contribution is 2.24. The quantitative estimate of drug-likeness (QED) is 0.793. The summed E-state index contributed by atoms with van der Waals surface area (Å²) in [7, 11) is 1.28. The molecule has 0 fully saturated rings. The summed E-state index contributed by atoms with van der Waals surface area (Å²) in [5.74, 6) is -0.115. The Morgan fingerprint density at radius 3 is 2.83 bits per heavy atom. The zero-order valence-corrected chi connectivity index (χ0v) is 9.93.